The van der Waals surface area contributed by atoms with Crippen LogP contribution >= 0.6 is 0 Å². The van der Waals surface area contributed by atoms with Crippen molar-refractivity contribution in [1.29, 1.82) is 0 Å². The maximum absolute atomic E-state index is 13.0. The average Bonchev–Trinajstić information content (AvgIpc) is 3.33. The molecule has 1 atom stereocenters. The van der Waals surface area contributed by atoms with Crippen LogP contribution in [0.15, 0.2) is 36.7 Å². The van der Waals surface area contributed by atoms with Crippen molar-refractivity contribution in [3.05, 3.63) is 53.5 Å². The summed E-state index contributed by atoms with van der Waals surface area (Å²) in [5, 5.41) is 8.77. The fraction of sp³-hybridized carbons (Fsp3) is 0.364. The zero-order valence-corrected chi connectivity index (χ0v) is 17.5. The smallest absolute Gasteiger partial charge is 0.265 e. The van der Waals surface area contributed by atoms with Crippen LogP contribution in [0.5, 0.6) is 0 Å². The van der Waals surface area contributed by atoms with E-state index >= 15 is 0 Å². The number of rotatable bonds is 5. The number of benzene rings is 1. The Morgan fingerprint density at radius 3 is 2.80 bits per heavy atom. The van der Waals surface area contributed by atoms with Crippen LogP contribution in [0.4, 0.5) is 0 Å². The van der Waals surface area contributed by atoms with Crippen LogP contribution in [-0.2, 0) is 18.4 Å². The van der Waals surface area contributed by atoms with Gasteiger partial charge in [-0.1, -0.05) is 30.3 Å². The molecule has 4 rings (SSSR count). The predicted octanol–water partition coefficient (Wildman–Crippen LogP) is 2.13. The first kappa shape index (κ1) is 19.9. The number of primary amides is 1. The molecular weight excluding hydrogens is 380 g/mol. The molecule has 8 heteroatoms. The third-order valence-corrected chi connectivity index (χ3v) is 5.87. The lowest BCUT2D eigenvalue weighted by Gasteiger charge is -2.30. The molecule has 0 saturated carbocycles. The molecule has 2 N–H and O–H groups in total. The first-order valence-electron chi connectivity index (χ1n) is 10.1. The number of aryl methyl sites for hydroxylation is 2. The molecule has 156 valence electrons. The molecule has 0 fully saturated rings. The number of amides is 2. The van der Waals surface area contributed by atoms with Crippen molar-refractivity contribution in [2.24, 2.45) is 18.7 Å². The van der Waals surface area contributed by atoms with Crippen molar-refractivity contribution in [1.82, 2.24) is 24.5 Å². The lowest BCUT2D eigenvalue weighted by atomic mass is 9.98. The lowest BCUT2D eigenvalue weighted by Crippen LogP contribution is -2.40. The topological polar surface area (TPSA) is 99.0 Å². The Morgan fingerprint density at radius 2 is 2.10 bits per heavy atom. The van der Waals surface area contributed by atoms with Crippen LogP contribution in [-0.4, -0.2) is 49.4 Å². The van der Waals surface area contributed by atoms with Gasteiger partial charge in [0.15, 0.2) is 0 Å². The van der Waals surface area contributed by atoms with Gasteiger partial charge in [0.2, 0.25) is 5.91 Å². The maximum atomic E-state index is 13.0. The van der Waals surface area contributed by atoms with Crippen molar-refractivity contribution in [3.63, 3.8) is 0 Å². The van der Waals surface area contributed by atoms with Gasteiger partial charge in [-0.15, -0.1) is 5.10 Å². The largest absolute Gasteiger partial charge is 0.364 e. The molecule has 2 amide bonds. The van der Waals surface area contributed by atoms with Gasteiger partial charge in [0, 0.05) is 37.2 Å². The van der Waals surface area contributed by atoms with Gasteiger partial charge >= 0.3 is 0 Å². The summed E-state index contributed by atoms with van der Waals surface area (Å²) < 4.78 is 3.54. The number of nitrogens with zero attached hydrogens (tertiary/aromatic N) is 5. The summed E-state index contributed by atoms with van der Waals surface area (Å²) in [6.07, 6.45) is 6.39. The van der Waals surface area contributed by atoms with Crippen molar-refractivity contribution < 1.29 is 9.59 Å². The normalized spacial score (nSPS) is 15.3. The Balaban J connectivity index is 1.56. The molecule has 0 radical (unpaired) electrons. The van der Waals surface area contributed by atoms with Gasteiger partial charge in [-0.25, -0.2) is 0 Å². The van der Waals surface area contributed by atoms with Gasteiger partial charge in [-0.2, -0.15) is 0 Å². The third-order valence-electron chi connectivity index (χ3n) is 5.87. The van der Waals surface area contributed by atoms with Gasteiger partial charge in [-0.3, -0.25) is 14.3 Å². The first-order chi connectivity index (χ1) is 14.4. The average molecular weight is 406 g/mol. The lowest BCUT2D eigenvalue weighted by molar-refractivity contribution is -0.135. The third kappa shape index (κ3) is 3.49. The molecule has 3 aromatic rings. The van der Waals surface area contributed by atoms with E-state index in [-0.39, 0.29) is 11.8 Å². The fourth-order valence-electron chi connectivity index (χ4n) is 4.32. The van der Waals surface area contributed by atoms with E-state index in [0.717, 1.165) is 34.0 Å². The van der Waals surface area contributed by atoms with Crippen LogP contribution in [0, 0.1) is 12.8 Å². The molecule has 8 nitrogen and oxygen atoms in total. The highest BCUT2D eigenvalue weighted by molar-refractivity contribution is 6.01. The molecule has 1 unspecified atom stereocenters. The number of fused-ring (bicyclic) bond motifs is 1. The summed E-state index contributed by atoms with van der Waals surface area (Å²) in [4.78, 5) is 26.7. The molecule has 3 heterocycles. The highest BCUT2D eigenvalue weighted by atomic mass is 16.2. The Labute approximate surface area is 174 Å². The van der Waals surface area contributed by atoms with Crippen LogP contribution in [0.2, 0.25) is 0 Å². The van der Waals surface area contributed by atoms with Crippen molar-refractivity contribution in [3.8, 4) is 0 Å². The summed E-state index contributed by atoms with van der Waals surface area (Å²) in [5.74, 6) is -0.493. The molecule has 1 aromatic carbocycles. The van der Waals surface area contributed by atoms with E-state index in [0.29, 0.717) is 25.3 Å². The highest BCUT2D eigenvalue weighted by Crippen LogP contribution is 2.29. The van der Waals surface area contributed by atoms with Crippen molar-refractivity contribution in [2.75, 3.05) is 13.1 Å². The van der Waals surface area contributed by atoms with Crippen molar-refractivity contribution >= 4 is 28.3 Å². The predicted molar refractivity (Wildman–Crippen MR) is 115 cm³/mol. The molecule has 0 saturated heterocycles. The Kier molecular flexibility index (Phi) is 5.15. The van der Waals surface area contributed by atoms with E-state index in [9.17, 15) is 9.59 Å². The second kappa shape index (κ2) is 7.78. The molecule has 2 aromatic heterocycles. The first-order valence-corrected chi connectivity index (χ1v) is 10.1. The molecule has 30 heavy (non-hydrogen) atoms. The maximum Gasteiger partial charge on any atom is 0.265 e. The summed E-state index contributed by atoms with van der Waals surface area (Å²) in [7, 11) is 1.86. The quantitative estimate of drug-likeness (QED) is 0.702. The molecule has 0 bridgehead atoms. The van der Waals surface area contributed by atoms with Crippen LogP contribution in [0.1, 0.15) is 35.0 Å². The van der Waals surface area contributed by atoms with E-state index in [1.807, 2.05) is 36.4 Å². The van der Waals surface area contributed by atoms with Gasteiger partial charge in [0.1, 0.15) is 5.69 Å². The van der Waals surface area contributed by atoms with E-state index in [4.69, 9.17) is 5.73 Å². The second-order valence-corrected chi connectivity index (χ2v) is 7.93. The van der Waals surface area contributed by atoms with E-state index in [1.54, 1.807) is 17.1 Å². The summed E-state index contributed by atoms with van der Waals surface area (Å²) >= 11 is 0. The SMILES string of the molecule is Cc1c(C(N)=O)n(C)c2cc(C3=CCCN(C(=O)C(C)Cn4ccnn4)C3)ccc12. The summed E-state index contributed by atoms with van der Waals surface area (Å²) in [5.41, 5.74) is 10.1. The highest BCUT2D eigenvalue weighted by Gasteiger charge is 2.25. The molecule has 1 aliphatic rings. The van der Waals surface area contributed by atoms with E-state index < -0.39 is 5.91 Å². The fourth-order valence-corrected chi connectivity index (χ4v) is 4.32. The standard InChI is InChI=1S/C22H26N6O2/c1-14(12-28-10-8-24-25-28)22(30)27-9-4-5-17(13-27)16-6-7-18-15(2)20(21(23)29)26(3)19(18)11-16/h5-8,10-11,14H,4,9,12-13H2,1-3H3,(H2,23,29). The van der Waals surface area contributed by atoms with Crippen LogP contribution in [0.3, 0.4) is 0 Å². The molecule has 0 aliphatic carbocycles. The minimum Gasteiger partial charge on any atom is -0.364 e. The Morgan fingerprint density at radius 1 is 1.30 bits per heavy atom. The number of hydrogen-bond acceptors (Lipinski definition) is 4. The number of hydrogen-bond donors (Lipinski definition) is 1. The van der Waals surface area contributed by atoms with Gasteiger partial charge in [0.25, 0.3) is 5.91 Å². The zero-order chi connectivity index (χ0) is 21.4. The summed E-state index contributed by atoms with van der Waals surface area (Å²) in [6, 6.07) is 6.16. The number of nitrogens with two attached hydrogens (primary N) is 1. The summed E-state index contributed by atoms with van der Waals surface area (Å²) in [6.45, 7) is 5.63. The monoisotopic (exact) mass is 406 g/mol. The van der Waals surface area contributed by atoms with Gasteiger partial charge < -0.3 is 15.2 Å². The molecule has 0 spiro atoms. The Bertz CT molecular complexity index is 1140. The number of aromatic nitrogens is 4. The zero-order valence-electron chi connectivity index (χ0n) is 17.5. The van der Waals surface area contributed by atoms with Crippen molar-refractivity contribution in [2.45, 2.75) is 26.8 Å². The van der Waals surface area contributed by atoms with E-state index in [2.05, 4.69) is 28.5 Å². The van der Waals surface area contributed by atoms with Gasteiger partial charge in [0.05, 0.1) is 18.7 Å². The number of carbonyl (C=O) groups excluding carboxylic acids is 2. The molecule has 1 aliphatic heterocycles. The van der Waals surface area contributed by atoms with Crippen LogP contribution in [0.25, 0.3) is 16.5 Å². The van der Waals surface area contributed by atoms with E-state index in [1.165, 1.54) is 0 Å². The second-order valence-electron chi connectivity index (χ2n) is 7.93. The van der Waals surface area contributed by atoms with Crippen LogP contribution < -0.4 is 5.73 Å². The Hall–Kier alpha value is -3.42. The minimum absolute atomic E-state index is 0.114. The molecular formula is C22H26N6O2. The number of carbonyl (C=O) groups is 2. The van der Waals surface area contributed by atoms with Gasteiger partial charge in [-0.05, 0) is 36.1 Å². The minimum atomic E-state index is -0.428.